The molecular weight excluding hydrogens is 294 g/mol. The minimum atomic E-state index is -1.13. The molecule has 6 heteroatoms. The van der Waals surface area contributed by atoms with E-state index >= 15 is 0 Å². The second-order valence-corrected chi connectivity index (χ2v) is 4.89. The number of rotatable bonds is 5. The van der Waals surface area contributed by atoms with Crippen molar-refractivity contribution in [1.82, 2.24) is 4.98 Å². The van der Waals surface area contributed by atoms with Crippen LogP contribution in [0, 0.1) is 6.92 Å². The molecule has 0 saturated carbocycles. The van der Waals surface area contributed by atoms with Crippen LogP contribution in [0.2, 0.25) is 5.02 Å². The van der Waals surface area contributed by atoms with Crippen LogP contribution in [0.5, 0.6) is 11.5 Å². The van der Waals surface area contributed by atoms with Crippen LogP contribution in [-0.4, -0.2) is 23.2 Å². The molecule has 0 spiro atoms. The molecule has 0 saturated heterocycles. The average Bonchev–Trinajstić information content (AvgIpc) is 2.45. The van der Waals surface area contributed by atoms with E-state index in [1.54, 1.807) is 12.4 Å². The van der Waals surface area contributed by atoms with E-state index < -0.39 is 5.97 Å². The van der Waals surface area contributed by atoms with Crippen molar-refractivity contribution in [2.75, 3.05) is 7.11 Å². The van der Waals surface area contributed by atoms with Crippen molar-refractivity contribution in [2.45, 2.75) is 13.5 Å². The normalized spacial score (nSPS) is 10.2. The van der Waals surface area contributed by atoms with E-state index in [1.807, 2.05) is 13.0 Å². The molecule has 0 radical (unpaired) electrons. The second kappa shape index (κ2) is 6.45. The SMILES string of the molecule is COc1cc(Cl)cc(C(=O)O)c1OCc1cncc(C)c1. The zero-order valence-electron chi connectivity index (χ0n) is 11.6. The summed E-state index contributed by atoms with van der Waals surface area (Å²) in [5, 5.41) is 9.52. The number of hydrogen-bond donors (Lipinski definition) is 1. The molecule has 0 atom stereocenters. The molecule has 1 aromatic heterocycles. The van der Waals surface area contributed by atoms with Gasteiger partial charge >= 0.3 is 5.97 Å². The fourth-order valence-electron chi connectivity index (χ4n) is 1.88. The predicted octanol–water partition coefficient (Wildman–Crippen LogP) is 3.33. The second-order valence-electron chi connectivity index (χ2n) is 4.45. The first kappa shape index (κ1) is 15.1. The number of methoxy groups -OCH3 is 1. The molecule has 0 unspecified atom stereocenters. The number of nitrogens with zero attached hydrogens (tertiary/aromatic N) is 1. The molecule has 5 nitrogen and oxygen atoms in total. The molecule has 0 amide bonds. The van der Waals surface area contributed by atoms with E-state index in [0.717, 1.165) is 11.1 Å². The lowest BCUT2D eigenvalue weighted by Crippen LogP contribution is -2.05. The number of aryl methyl sites for hydroxylation is 1. The van der Waals surface area contributed by atoms with Gasteiger partial charge < -0.3 is 14.6 Å². The third kappa shape index (κ3) is 3.64. The van der Waals surface area contributed by atoms with Crippen molar-refractivity contribution < 1.29 is 19.4 Å². The van der Waals surface area contributed by atoms with Crippen LogP contribution in [0.15, 0.2) is 30.6 Å². The third-order valence-electron chi connectivity index (χ3n) is 2.78. The number of carboxylic acid groups (broad SMARTS) is 1. The van der Waals surface area contributed by atoms with Crippen molar-refractivity contribution in [3.8, 4) is 11.5 Å². The number of aromatic nitrogens is 1. The highest BCUT2D eigenvalue weighted by atomic mass is 35.5. The highest BCUT2D eigenvalue weighted by molar-refractivity contribution is 6.31. The maximum Gasteiger partial charge on any atom is 0.339 e. The lowest BCUT2D eigenvalue weighted by atomic mass is 10.2. The maximum absolute atomic E-state index is 11.3. The number of aromatic carboxylic acids is 1. The molecule has 0 aliphatic heterocycles. The van der Waals surface area contributed by atoms with Crippen LogP contribution in [0.3, 0.4) is 0 Å². The molecule has 0 bridgehead atoms. The molecule has 0 aliphatic rings. The van der Waals surface area contributed by atoms with E-state index in [1.165, 1.54) is 19.2 Å². The summed E-state index contributed by atoms with van der Waals surface area (Å²) in [6, 6.07) is 4.75. The van der Waals surface area contributed by atoms with E-state index in [9.17, 15) is 9.90 Å². The van der Waals surface area contributed by atoms with Crippen LogP contribution in [0.25, 0.3) is 0 Å². The Morgan fingerprint density at radius 3 is 2.71 bits per heavy atom. The van der Waals surface area contributed by atoms with Gasteiger partial charge in [-0.25, -0.2) is 4.79 Å². The van der Waals surface area contributed by atoms with Gasteiger partial charge in [-0.2, -0.15) is 0 Å². The topological polar surface area (TPSA) is 68.7 Å². The van der Waals surface area contributed by atoms with Gasteiger partial charge in [0.15, 0.2) is 11.5 Å². The molecule has 21 heavy (non-hydrogen) atoms. The molecule has 0 fully saturated rings. The fourth-order valence-corrected chi connectivity index (χ4v) is 2.09. The van der Waals surface area contributed by atoms with Gasteiger partial charge in [0.25, 0.3) is 0 Å². The molecule has 110 valence electrons. The van der Waals surface area contributed by atoms with Gasteiger partial charge in [-0.3, -0.25) is 4.98 Å². The van der Waals surface area contributed by atoms with Gasteiger partial charge in [0, 0.05) is 29.0 Å². The van der Waals surface area contributed by atoms with Crippen molar-refractivity contribution in [2.24, 2.45) is 0 Å². The number of carbonyl (C=O) groups is 1. The Hall–Kier alpha value is -2.27. The quantitative estimate of drug-likeness (QED) is 0.917. The Morgan fingerprint density at radius 1 is 1.33 bits per heavy atom. The van der Waals surface area contributed by atoms with Gasteiger partial charge in [0.05, 0.1) is 7.11 Å². The molecular formula is C15H14ClNO4. The van der Waals surface area contributed by atoms with Crippen molar-refractivity contribution in [3.63, 3.8) is 0 Å². The van der Waals surface area contributed by atoms with Gasteiger partial charge in [-0.05, 0) is 24.6 Å². The number of benzene rings is 1. The van der Waals surface area contributed by atoms with Gasteiger partial charge in [-0.15, -0.1) is 0 Å². The Kier molecular flexibility index (Phi) is 4.65. The highest BCUT2D eigenvalue weighted by Crippen LogP contribution is 2.35. The Bertz CT molecular complexity index is 673. The summed E-state index contributed by atoms with van der Waals surface area (Å²) >= 11 is 5.87. The first-order valence-electron chi connectivity index (χ1n) is 6.15. The predicted molar refractivity (Wildman–Crippen MR) is 78.3 cm³/mol. The van der Waals surface area contributed by atoms with Crippen LogP contribution in [-0.2, 0) is 6.61 Å². The molecule has 1 heterocycles. The van der Waals surface area contributed by atoms with Crippen molar-refractivity contribution in [1.29, 1.82) is 0 Å². The zero-order valence-corrected chi connectivity index (χ0v) is 12.3. The van der Waals surface area contributed by atoms with Gasteiger partial charge in [-0.1, -0.05) is 11.6 Å². The summed E-state index contributed by atoms with van der Waals surface area (Å²) in [6.45, 7) is 2.11. The third-order valence-corrected chi connectivity index (χ3v) is 3.00. The monoisotopic (exact) mass is 307 g/mol. The number of carboxylic acids is 1. The summed E-state index contributed by atoms with van der Waals surface area (Å²) in [4.78, 5) is 15.4. The van der Waals surface area contributed by atoms with Crippen molar-refractivity contribution in [3.05, 3.63) is 52.3 Å². The average molecular weight is 308 g/mol. The Balaban J connectivity index is 2.32. The van der Waals surface area contributed by atoms with Crippen LogP contribution >= 0.6 is 11.6 Å². The largest absolute Gasteiger partial charge is 0.493 e. The molecule has 0 aliphatic carbocycles. The van der Waals surface area contributed by atoms with Gasteiger partial charge in [0.2, 0.25) is 0 Å². The summed E-state index contributed by atoms with van der Waals surface area (Å²) in [6.07, 6.45) is 3.39. The minimum Gasteiger partial charge on any atom is -0.493 e. The fraction of sp³-hybridized carbons (Fsp3) is 0.200. The number of ether oxygens (including phenoxy) is 2. The summed E-state index contributed by atoms with van der Waals surface area (Å²) in [5.41, 5.74) is 1.79. The van der Waals surface area contributed by atoms with E-state index in [0.29, 0.717) is 0 Å². The van der Waals surface area contributed by atoms with Crippen LogP contribution in [0.4, 0.5) is 0 Å². The zero-order chi connectivity index (χ0) is 15.4. The van der Waals surface area contributed by atoms with Crippen molar-refractivity contribution >= 4 is 17.6 Å². The van der Waals surface area contributed by atoms with E-state index in [-0.39, 0.29) is 28.7 Å². The molecule has 2 rings (SSSR count). The molecule has 1 N–H and O–H groups in total. The van der Waals surface area contributed by atoms with Gasteiger partial charge in [0.1, 0.15) is 12.2 Å². The number of halogens is 1. The van der Waals surface area contributed by atoms with E-state index in [4.69, 9.17) is 21.1 Å². The maximum atomic E-state index is 11.3. The first-order chi connectivity index (χ1) is 10.0. The smallest absolute Gasteiger partial charge is 0.339 e. The first-order valence-corrected chi connectivity index (χ1v) is 6.53. The van der Waals surface area contributed by atoms with Crippen LogP contribution in [0.1, 0.15) is 21.5 Å². The summed E-state index contributed by atoms with van der Waals surface area (Å²) in [7, 11) is 1.43. The Labute approximate surface area is 127 Å². The number of pyridine rings is 1. The standard InChI is InChI=1S/C15H14ClNO4/c1-9-3-10(7-17-6-9)8-21-14-12(15(18)19)4-11(16)5-13(14)20-2/h3-7H,8H2,1-2H3,(H,18,19). The van der Waals surface area contributed by atoms with Crippen LogP contribution < -0.4 is 9.47 Å². The molecule has 2 aromatic rings. The lowest BCUT2D eigenvalue weighted by Gasteiger charge is -2.14. The lowest BCUT2D eigenvalue weighted by molar-refractivity contribution is 0.0691. The summed E-state index contributed by atoms with van der Waals surface area (Å²) < 4.78 is 10.8. The Morgan fingerprint density at radius 2 is 2.10 bits per heavy atom. The highest BCUT2D eigenvalue weighted by Gasteiger charge is 2.18. The summed E-state index contributed by atoms with van der Waals surface area (Å²) in [5.74, 6) is -0.704. The molecule has 1 aromatic carbocycles. The number of hydrogen-bond acceptors (Lipinski definition) is 4. The minimum absolute atomic E-state index is 0.0417. The van der Waals surface area contributed by atoms with E-state index in [2.05, 4.69) is 4.98 Å².